The molecular formula is C15H14O3. The van der Waals surface area contributed by atoms with E-state index in [-0.39, 0.29) is 5.78 Å². The number of fused-ring (bicyclic) bond motifs is 1. The molecule has 1 N–H and O–H groups in total. The molecule has 3 heteroatoms. The van der Waals surface area contributed by atoms with Gasteiger partial charge in [-0.25, -0.2) is 0 Å². The lowest BCUT2D eigenvalue weighted by molar-refractivity contribution is 0.0353. The van der Waals surface area contributed by atoms with Crippen molar-refractivity contribution in [1.29, 1.82) is 0 Å². The summed E-state index contributed by atoms with van der Waals surface area (Å²) in [6.07, 6.45) is 6.22. The second kappa shape index (κ2) is 4.42. The zero-order valence-corrected chi connectivity index (χ0v) is 9.87. The van der Waals surface area contributed by atoms with Crippen LogP contribution in [0.4, 0.5) is 0 Å². The normalized spacial score (nSPS) is 26.3. The Morgan fingerprint density at radius 3 is 2.83 bits per heavy atom. The quantitative estimate of drug-likeness (QED) is 0.821. The molecule has 2 unspecified atom stereocenters. The van der Waals surface area contributed by atoms with E-state index in [2.05, 4.69) is 0 Å². The van der Waals surface area contributed by atoms with Gasteiger partial charge in [-0.1, -0.05) is 30.4 Å². The molecule has 0 radical (unpaired) electrons. The van der Waals surface area contributed by atoms with Gasteiger partial charge in [-0.05, 0) is 30.5 Å². The molecule has 1 aliphatic heterocycles. The first kappa shape index (κ1) is 11.2. The van der Waals surface area contributed by atoms with Gasteiger partial charge in [-0.3, -0.25) is 4.79 Å². The summed E-state index contributed by atoms with van der Waals surface area (Å²) in [6.45, 7) is 0. The van der Waals surface area contributed by atoms with Crippen LogP contribution >= 0.6 is 0 Å². The van der Waals surface area contributed by atoms with Crippen LogP contribution in [0.15, 0.2) is 48.1 Å². The van der Waals surface area contributed by atoms with Crippen LogP contribution in [0.1, 0.15) is 23.2 Å². The number of allylic oxidation sites excluding steroid dienone is 2. The Morgan fingerprint density at radius 2 is 2.06 bits per heavy atom. The maximum absolute atomic E-state index is 12.1. The zero-order chi connectivity index (χ0) is 12.5. The Labute approximate surface area is 105 Å². The summed E-state index contributed by atoms with van der Waals surface area (Å²) in [4.78, 5) is 12.1. The number of aliphatic hydroxyl groups is 1. The molecule has 2 aliphatic rings. The van der Waals surface area contributed by atoms with Gasteiger partial charge in [-0.15, -0.1) is 0 Å². The summed E-state index contributed by atoms with van der Waals surface area (Å²) in [5.74, 6) is 0.291. The van der Waals surface area contributed by atoms with Gasteiger partial charge in [0.15, 0.2) is 18.0 Å². The standard InChI is InChI=1S/C15H14O3/c16-13-11-8-4-5-9-12(11)18-15(14(13)17)10-6-2-1-3-7-10/h2,4-9,14-15,17H,1,3H2. The maximum Gasteiger partial charge on any atom is 0.199 e. The van der Waals surface area contributed by atoms with Gasteiger partial charge in [-0.2, -0.15) is 0 Å². The van der Waals surface area contributed by atoms with Crippen molar-refractivity contribution in [2.45, 2.75) is 25.0 Å². The molecule has 3 rings (SSSR count). The van der Waals surface area contributed by atoms with E-state index < -0.39 is 12.2 Å². The Balaban J connectivity index is 1.98. The van der Waals surface area contributed by atoms with Crippen LogP contribution in [-0.4, -0.2) is 23.1 Å². The number of Topliss-reactive ketones (excluding diaryl/α,β-unsaturated/α-hetero) is 1. The van der Waals surface area contributed by atoms with Gasteiger partial charge < -0.3 is 9.84 Å². The fraction of sp³-hybridized carbons (Fsp3) is 0.267. The van der Waals surface area contributed by atoms with E-state index in [1.807, 2.05) is 24.3 Å². The van der Waals surface area contributed by atoms with E-state index in [0.29, 0.717) is 11.3 Å². The molecule has 0 saturated carbocycles. The van der Waals surface area contributed by atoms with Crippen molar-refractivity contribution in [2.24, 2.45) is 0 Å². The minimum Gasteiger partial charge on any atom is -0.482 e. The third-order valence-electron chi connectivity index (χ3n) is 3.31. The van der Waals surface area contributed by atoms with E-state index >= 15 is 0 Å². The van der Waals surface area contributed by atoms with Crippen molar-refractivity contribution in [1.82, 2.24) is 0 Å². The molecule has 0 amide bonds. The highest BCUT2D eigenvalue weighted by Gasteiger charge is 2.37. The highest BCUT2D eigenvalue weighted by atomic mass is 16.5. The van der Waals surface area contributed by atoms with Gasteiger partial charge in [0.05, 0.1) is 5.56 Å². The van der Waals surface area contributed by atoms with Crippen LogP contribution in [0.2, 0.25) is 0 Å². The van der Waals surface area contributed by atoms with E-state index in [1.54, 1.807) is 18.2 Å². The Morgan fingerprint density at radius 1 is 1.22 bits per heavy atom. The fourth-order valence-electron chi connectivity index (χ4n) is 2.37. The van der Waals surface area contributed by atoms with Crippen LogP contribution in [-0.2, 0) is 0 Å². The molecule has 2 atom stereocenters. The topological polar surface area (TPSA) is 46.5 Å². The molecule has 18 heavy (non-hydrogen) atoms. The molecule has 0 aromatic heterocycles. The van der Waals surface area contributed by atoms with Gasteiger partial charge in [0, 0.05) is 0 Å². The minimum atomic E-state index is -1.12. The molecule has 0 fully saturated rings. The molecular weight excluding hydrogens is 228 g/mol. The third-order valence-corrected chi connectivity index (χ3v) is 3.31. The number of ether oxygens (including phenoxy) is 1. The van der Waals surface area contributed by atoms with Crippen molar-refractivity contribution in [3.63, 3.8) is 0 Å². The van der Waals surface area contributed by atoms with Crippen LogP contribution in [0.25, 0.3) is 0 Å². The molecule has 0 spiro atoms. The number of para-hydroxylation sites is 1. The van der Waals surface area contributed by atoms with E-state index in [1.165, 1.54) is 0 Å². The zero-order valence-electron chi connectivity index (χ0n) is 9.87. The number of carbonyl (C=O) groups is 1. The van der Waals surface area contributed by atoms with E-state index in [9.17, 15) is 9.90 Å². The van der Waals surface area contributed by atoms with Gasteiger partial charge >= 0.3 is 0 Å². The number of rotatable bonds is 1. The SMILES string of the molecule is O=C1c2ccccc2OC(C2=CCCC=C2)C1O. The van der Waals surface area contributed by atoms with Crippen molar-refractivity contribution in [3.8, 4) is 5.75 Å². The first-order valence-electron chi connectivity index (χ1n) is 6.12. The first-order chi connectivity index (χ1) is 8.77. The summed E-state index contributed by atoms with van der Waals surface area (Å²) < 4.78 is 5.76. The number of hydrogen-bond donors (Lipinski definition) is 1. The summed E-state index contributed by atoms with van der Waals surface area (Å²) >= 11 is 0. The highest BCUT2D eigenvalue weighted by molar-refractivity contribution is 6.03. The predicted molar refractivity (Wildman–Crippen MR) is 67.7 cm³/mol. The molecule has 1 heterocycles. The average molecular weight is 242 g/mol. The molecule has 1 aromatic carbocycles. The lowest BCUT2D eigenvalue weighted by atomic mass is 9.91. The fourth-order valence-corrected chi connectivity index (χ4v) is 2.37. The molecule has 1 aromatic rings. The molecule has 0 bridgehead atoms. The lowest BCUT2D eigenvalue weighted by Crippen LogP contribution is -2.43. The molecule has 1 aliphatic carbocycles. The summed E-state index contributed by atoms with van der Waals surface area (Å²) in [7, 11) is 0. The number of ketones is 1. The number of benzene rings is 1. The number of aliphatic hydroxyl groups excluding tert-OH is 1. The van der Waals surface area contributed by atoms with E-state index in [0.717, 1.165) is 18.4 Å². The van der Waals surface area contributed by atoms with Crippen LogP contribution in [0, 0.1) is 0 Å². The highest BCUT2D eigenvalue weighted by Crippen LogP contribution is 2.31. The first-order valence-corrected chi connectivity index (χ1v) is 6.12. The van der Waals surface area contributed by atoms with Crippen molar-refractivity contribution in [3.05, 3.63) is 53.6 Å². The van der Waals surface area contributed by atoms with Crippen LogP contribution in [0.5, 0.6) is 5.75 Å². The molecule has 92 valence electrons. The predicted octanol–water partition coefficient (Wildman–Crippen LogP) is 2.27. The second-order valence-corrected chi connectivity index (χ2v) is 4.53. The van der Waals surface area contributed by atoms with Crippen molar-refractivity contribution in [2.75, 3.05) is 0 Å². The second-order valence-electron chi connectivity index (χ2n) is 4.53. The van der Waals surface area contributed by atoms with Crippen molar-refractivity contribution >= 4 is 5.78 Å². The average Bonchev–Trinajstić information content (AvgIpc) is 2.44. The molecule has 3 nitrogen and oxygen atoms in total. The Kier molecular flexibility index (Phi) is 2.76. The number of hydrogen-bond acceptors (Lipinski definition) is 3. The van der Waals surface area contributed by atoms with Crippen molar-refractivity contribution < 1.29 is 14.6 Å². The van der Waals surface area contributed by atoms with Gasteiger partial charge in [0.25, 0.3) is 0 Å². The Bertz CT molecular complexity index is 542. The van der Waals surface area contributed by atoms with E-state index in [4.69, 9.17) is 4.74 Å². The minimum absolute atomic E-state index is 0.262. The van der Waals surface area contributed by atoms with Crippen LogP contribution < -0.4 is 4.74 Å². The van der Waals surface area contributed by atoms with Gasteiger partial charge in [0.1, 0.15) is 5.75 Å². The monoisotopic (exact) mass is 242 g/mol. The smallest absolute Gasteiger partial charge is 0.199 e. The largest absolute Gasteiger partial charge is 0.482 e. The summed E-state index contributed by atoms with van der Waals surface area (Å²) in [6, 6.07) is 7.04. The van der Waals surface area contributed by atoms with Crippen LogP contribution in [0.3, 0.4) is 0 Å². The summed E-state index contributed by atoms with van der Waals surface area (Å²) in [5.41, 5.74) is 1.35. The van der Waals surface area contributed by atoms with Gasteiger partial charge in [0.2, 0.25) is 0 Å². The Hall–Kier alpha value is -1.87. The maximum atomic E-state index is 12.1. The number of carbonyl (C=O) groups excluding carboxylic acids is 1. The lowest BCUT2D eigenvalue weighted by Gasteiger charge is -2.30. The molecule has 0 saturated heterocycles. The third kappa shape index (κ3) is 1.77. The summed E-state index contributed by atoms with van der Waals surface area (Å²) in [5, 5.41) is 10.1.